The fraction of sp³-hybridized carbons (Fsp3) is 0.700. The van der Waals surface area contributed by atoms with Gasteiger partial charge in [-0.3, -0.25) is 10.6 Å². The first-order valence-corrected chi connectivity index (χ1v) is 10.2. The number of hydrogen-bond donors (Lipinski definition) is 4. The van der Waals surface area contributed by atoms with Crippen LogP contribution in [0.25, 0.3) is 0 Å². The van der Waals surface area contributed by atoms with Gasteiger partial charge in [-0.05, 0) is 51.5 Å². The van der Waals surface area contributed by atoms with Crippen molar-refractivity contribution in [3.63, 3.8) is 0 Å². The van der Waals surface area contributed by atoms with Gasteiger partial charge in [-0.1, -0.05) is 0 Å². The first-order valence-electron chi connectivity index (χ1n) is 10.2. The highest BCUT2D eigenvalue weighted by molar-refractivity contribution is 5.55. The molecule has 3 rings (SSSR count). The summed E-state index contributed by atoms with van der Waals surface area (Å²) in [6, 6.07) is 5.90. The van der Waals surface area contributed by atoms with Crippen molar-refractivity contribution in [1.82, 2.24) is 20.9 Å². The molecule has 2 saturated heterocycles. The van der Waals surface area contributed by atoms with Crippen LogP contribution in [0.3, 0.4) is 0 Å². The number of methoxy groups -OCH3 is 2. The zero-order valence-electron chi connectivity index (χ0n) is 17.3. The number of nitrogens with zero attached hydrogens (tertiary/aromatic N) is 1. The summed E-state index contributed by atoms with van der Waals surface area (Å²) in [6.45, 7) is 4.64. The van der Waals surface area contributed by atoms with Crippen molar-refractivity contribution < 1.29 is 14.2 Å². The van der Waals surface area contributed by atoms with E-state index in [2.05, 4.69) is 26.2 Å². The minimum Gasteiger partial charge on any atom is -0.493 e. The highest BCUT2D eigenvalue weighted by Gasteiger charge is 2.20. The normalized spacial score (nSPS) is 24.1. The molecule has 3 atom stereocenters. The quantitative estimate of drug-likeness (QED) is 0.469. The molecule has 2 unspecified atom stereocenters. The Hall–Kier alpha value is -1.58. The average molecular weight is 394 g/mol. The average Bonchev–Trinajstić information content (AvgIpc) is 3.24. The molecule has 0 spiro atoms. The molecule has 8 heteroatoms. The maximum Gasteiger partial charge on any atom is 0.163 e. The summed E-state index contributed by atoms with van der Waals surface area (Å²) < 4.78 is 17.2. The molecular formula is C20H35N5O3. The number of nitrogens with one attached hydrogen (secondary N) is 4. The molecule has 0 saturated carbocycles. The molecule has 1 aromatic carbocycles. The second kappa shape index (κ2) is 10.8. The van der Waals surface area contributed by atoms with Crippen molar-refractivity contribution in [2.75, 3.05) is 59.4 Å². The molecule has 0 radical (unpaired) electrons. The van der Waals surface area contributed by atoms with E-state index in [-0.39, 0.29) is 12.4 Å². The fourth-order valence-corrected chi connectivity index (χ4v) is 3.71. The molecule has 0 aromatic heterocycles. The van der Waals surface area contributed by atoms with Gasteiger partial charge in [0.05, 0.1) is 13.3 Å². The van der Waals surface area contributed by atoms with Gasteiger partial charge in [-0.2, -0.15) is 0 Å². The Morgan fingerprint density at radius 3 is 2.75 bits per heavy atom. The third kappa shape index (κ3) is 5.96. The summed E-state index contributed by atoms with van der Waals surface area (Å²) in [4.78, 5) is 2.44. The molecule has 8 nitrogen and oxygen atoms in total. The molecule has 2 aliphatic heterocycles. The lowest BCUT2D eigenvalue weighted by atomic mass is 10.2. The lowest BCUT2D eigenvalue weighted by molar-refractivity contribution is 0.0339. The van der Waals surface area contributed by atoms with E-state index in [0.717, 1.165) is 49.8 Å². The molecule has 2 fully saturated rings. The largest absolute Gasteiger partial charge is 0.493 e. The Morgan fingerprint density at radius 2 is 2.04 bits per heavy atom. The lowest BCUT2D eigenvalue weighted by Gasteiger charge is -2.33. The van der Waals surface area contributed by atoms with Gasteiger partial charge < -0.3 is 29.7 Å². The van der Waals surface area contributed by atoms with E-state index >= 15 is 0 Å². The molecule has 2 aliphatic rings. The summed E-state index contributed by atoms with van der Waals surface area (Å²) in [7, 11) is 5.38. The van der Waals surface area contributed by atoms with Crippen LogP contribution in [0, 0.1) is 0 Å². The van der Waals surface area contributed by atoms with Gasteiger partial charge >= 0.3 is 0 Å². The van der Waals surface area contributed by atoms with Crippen LogP contribution < -0.4 is 30.7 Å². The number of rotatable bonds is 10. The van der Waals surface area contributed by atoms with E-state index in [1.807, 2.05) is 25.2 Å². The molecule has 0 aliphatic carbocycles. The Labute approximate surface area is 168 Å². The summed E-state index contributed by atoms with van der Waals surface area (Å²) in [5, 5.41) is 13.6. The number of hydrogen-bond acceptors (Lipinski definition) is 8. The topological polar surface area (TPSA) is 79.0 Å². The molecule has 0 amide bonds. The number of benzene rings is 1. The molecule has 0 bridgehead atoms. The van der Waals surface area contributed by atoms with Gasteiger partial charge in [0.15, 0.2) is 11.5 Å². The van der Waals surface area contributed by atoms with Gasteiger partial charge in [0.2, 0.25) is 0 Å². The predicted octanol–water partition coefficient (Wildman–Crippen LogP) is 1.01. The predicted molar refractivity (Wildman–Crippen MR) is 111 cm³/mol. The summed E-state index contributed by atoms with van der Waals surface area (Å²) in [5.74, 6) is 1.44. The highest BCUT2D eigenvalue weighted by Crippen LogP contribution is 2.30. The van der Waals surface area contributed by atoms with E-state index in [0.29, 0.717) is 12.8 Å². The molecule has 1 aromatic rings. The Kier molecular flexibility index (Phi) is 8.17. The van der Waals surface area contributed by atoms with Gasteiger partial charge in [-0.15, -0.1) is 0 Å². The van der Waals surface area contributed by atoms with Crippen LogP contribution >= 0.6 is 0 Å². The van der Waals surface area contributed by atoms with Crippen LogP contribution in [0.2, 0.25) is 0 Å². The highest BCUT2D eigenvalue weighted by atomic mass is 16.5. The summed E-state index contributed by atoms with van der Waals surface area (Å²) in [6.07, 6.45) is 3.92. The SMILES string of the molecule is CNC1CCNC(Nc2ccc(OC)c(OC[C@@H](CN3CCCC3)OC)c2)N1. The van der Waals surface area contributed by atoms with Gasteiger partial charge in [0, 0.05) is 32.0 Å². The third-order valence-electron chi connectivity index (χ3n) is 5.39. The second-order valence-corrected chi connectivity index (χ2v) is 7.37. The molecule has 2 heterocycles. The van der Waals surface area contributed by atoms with Crippen LogP contribution in [0.4, 0.5) is 5.69 Å². The molecule has 158 valence electrons. The van der Waals surface area contributed by atoms with Gasteiger partial charge in [0.1, 0.15) is 19.0 Å². The van der Waals surface area contributed by atoms with Crippen molar-refractivity contribution in [2.24, 2.45) is 0 Å². The van der Waals surface area contributed by atoms with Crippen molar-refractivity contribution in [2.45, 2.75) is 37.8 Å². The zero-order chi connectivity index (χ0) is 19.8. The standard InChI is InChI=1S/C20H35N5O3/c1-21-19-8-9-22-20(24-19)23-15-6-7-17(27-3)18(12-15)28-14-16(26-2)13-25-10-4-5-11-25/h6-7,12,16,19-24H,4-5,8-11,13-14H2,1-3H3/t16-,19?,20?/m1/s1. The van der Waals surface area contributed by atoms with Crippen LogP contribution in [0.15, 0.2) is 18.2 Å². The van der Waals surface area contributed by atoms with Crippen molar-refractivity contribution in [3.8, 4) is 11.5 Å². The van der Waals surface area contributed by atoms with E-state index < -0.39 is 0 Å². The van der Waals surface area contributed by atoms with Gasteiger partial charge in [0.25, 0.3) is 0 Å². The third-order valence-corrected chi connectivity index (χ3v) is 5.39. The van der Waals surface area contributed by atoms with Crippen molar-refractivity contribution in [1.29, 1.82) is 0 Å². The zero-order valence-corrected chi connectivity index (χ0v) is 17.3. The Morgan fingerprint density at radius 1 is 1.21 bits per heavy atom. The monoisotopic (exact) mass is 393 g/mol. The van der Waals surface area contributed by atoms with Crippen LogP contribution in [0.1, 0.15) is 19.3 Å². The maximum absolute atomic E-state index is 6.09. The van der Waals surface area contributed by atoms with E-state index in [4.69, 9.17) is 14.2 Å². The molecule has 28 heavy (non-hydrogen) atoms. The van der Waals surface area contributed by atoms with Crippen molar-refractivity contribution in [3.05, 3.63) is 18.2 Å². The first kappa shape index (κ1) is 21.1. The number of anilines is 1. The Bertz CT molecular complexity index is 597. The smallest absolute Gasteiger partial charge is 0.163 e. The number of likely N-dealkylation sites (tertiary alicyclic amines) is 1. The minimum absolute atomic E-state index is 0.00525. The van der Waals surface area contributed by atoms with E-state index in [1.165, 1.54) is 12.8 Å². The Balaban J connectivity index is 1.58. The fourth-order valence-electron chi connectivity index (χ4n) is 3.71. The van der Waals surface area contributed by atoms with Crippen LogP contribution in [-0.2, 0) is 4.74 Å². The summed E-state index contributed by atoms with van der Waals surface area (Å²) in [5.41, 5.74) is 0.964. The minimum atomic E-state index is -0.00525. The lowest BCUT2D eigenvalue weighted by Crippen LogP contribution is -2.61. The van der Waals surface area contributed by atoms with Crippen LogP contribution in [0.5, 0.6) is 11.5 Å². The molecule has 4 N–H and O–H groups in total. The molecular weight excluding hydrogens is 358 g/mol. The second-order valence-electron chi connectivity index (χ2n) is 7.37. The van der Waals surface area contributed by atoms with E-state index in [1.54, 1.807) is 14.2 Å². The first-order chi connectivity index (χ1) is 13.7. The van der Waals surface area contributed by atoms with Crippen LogP contribution in [-0.4, -0.2) is 77.5 Å². The van der Waals surface area contributed by atoms with E-state index in [9.17, 15) is 0 Å². The number of ether oxygens (including phenoxy) is 3. The maximum atomic E-state index is 6.09. The van der Waals surface area contributed by atoms with Gasteiger partial charge in [-0.25, -0.2) is 0 Å². The summed E-state index contributed by atoms with van der Waals surface area (Å²) >= 11 is 0. The van der Waals surface area contributed by atoms with Crippen molar-refractivity contribution >= 4 is 5.69 Å².